The predicted molar refractivity (Wildman–Crippen MR) is 94.9 cm³/mol. The van der Waals surface area contributed by atoms with Crippen LogP contribution < -0.4 is 4.90 Å². The van der Waals surface area contributed by atoms with Crippen molar-refractivity contribution in [1.82, 2.24) is 14.9 Å². The lowest BCUT2D eigenvalue weighted by atomic mass is 9.78. The Morgan fingerprint density at radius 3 is 2.71 bits per heavy atom. The normalized spacial score (nSPS) is 24.5. The second kappa shape index (κ2) is 5.72. The van der Waals surface area contributed by atoms with E-state index >= 15 is 0 Å². The number of hydrogen-bond acceptors (Lipinski definition) is 4. The van der Waals surface area contributed by atoms with Gasteiger partial charge in [-0.05, 0) is 45.2 Å². The molecule has 0 saturated carbocycles. The van der Waals surface area contributed by atoms with Crippen molar-refractivity contribution in [2.45, 2.75) is 39.2 Å². The largest absolute Gasteiger partial charge is 0.354 e. The number of piperidine rings is 1. The SMILES string of the molecule is CC(C)N1CCCC2(CCN(c3cnc4ccccc4n3)C2)C1=O. The van der Waals surface area contributed by atoms with Crippen molar-refractivity contribution < 1.29 is 4.79 Å². The molecule has 5 nitrogen and oxygen atoms in total. The Morgan fingerprint density at radius 2 is 1.92 bits per heavy atom. The highest BCUT2D eigenvalue weighted by molar-refractivity contribution is 5.85. The third-order valence-electron chi connectivity index (χ3n) is 5.51. The molecule has 24 heavy (non-hydrogen) atoms. The van der Waals surface area contributed by atoms with Crippen LogP contribution in [0.15, 0.2) is 30.5 Å². The summed E-state index contributed by atoms with van der Waals surface area (Å²) in [6.07, 6.45) is 4.85. The Morgan fingerprint density at radius 1 is 1.12 bits per heavy atom. The van der Waals surface area contributed by atoms with E-state index in [0.717, 1.165) is 55.7 Å². The summed E-state index contributed by atoms with van der Waals surface area (Å²) in [6, 6.07) is 8.21. The average Bonchev–Trinajstić information content (AvgIpc) is 3.02. The molecule has 2 fully saturated rings. The Bertz CT molecular complexity index is 775. The molecule has 2 aliphatic rings. The van der Waals surface area contributed by atoms with Gasteiger partial charge in [0.2, 0.25) is 5.91 Å². The molecule has 2 aliphatic heterocycles. The third kappa shape index (κ3) is 2.43. The maximum Gasteiger partial charge on any atom is 0.230 e. The van der Waals surface area contributed by atoms with Crippen LogP contribution in [-0.4, -0.2) is 46.5 Å². The monoisotopic (exact) mass is 324 g/mol. The molecule has 1 aromatic carbocycles. The van der Waals surface area contributed by atoms with Gasteiger partial charge in [-0.2, -0.15) is 0 Å². The lowest BCUT2D eigenvalue weighted by molar-refractivity contribution is -0.147. The fourth-order valence-electron chi connectivity index (χ4n) is 4.14. The van der Waals surface area contributed by atoms with Crippen molar-refractivity contribution in [1.29, 1.82) is 0 Å². The van der Waals surface area contributed by atoms with E-state index in [1.165, 1.54) is 0 Å². The van der Waals surface area contributed by atoms with Crippen LogP contribution in [-0.2, 0) is 4.79 Å². The molecule has 1 unspecified atom stereocenters. The molecule has 1 spiro atoms. The first kappa shape index (κ1) is 15.4. The summed E-state index contributed by atoms with van der Waals surface area (Å²) in [7, 11) is 0. The number of amides is 1. The van der Waals surface area contributed by atoms with Crippen LogP contribution in [0.3, 0.4) is 0 Å². The molecule has 3 heterocycles. The van der Waals surface area contributed by atoms with E-state index < -0.39 is 0 Å². The zero-order valence-electron chi connectivity index (χ0n) is 14.4. The third-order valence-corrected chi connectivity index (χ3v) is 5.51. The highest BCUT2D eigenvalue weighted by Crippen LogP contribution is 2.41. The van der Waals surface area contributed by atoms with E-state index in [0.29, 0.717) is 5.91 Å². The van der Waals surface area contributed by atoms with Crippen molar-refractivity contribution >= 4 is 22.8 Å². The first-order chi connectivity index (χ1) is 11.6. The fraction of sp³-hybridized carbons (Fsp3) is 0.526. The lowest BCUT2D eigenvalue weighted by Crippen LogP contribution is -2.52. The molecule has 2 saturated heterocycles. The number of hydrogen-bond donors (Lipinski definition) is 0. The van der Waals surface area contributed by atoms with Gasteiger partial charge in [0.1, 0.15) is 5.82 Å². The molecule has 0 radical (unpaired) electrons. The smallest absolute Gasteiger partial charge is 0.230 e. The summed E-state index contributed by atoms with van der Waals surface area (Å²) in [5, 5.41) is 0. The zero-order chi connectivity index (χ0) is 16.7. The number of likely N-dealkylation sites (tertiary alicyclic amines) is 1. The van der Waals surface area contributed by atoms with E-state index in [4.69, 9.17) is 4.98 Å². The molecule has 1 atom stereocenters. The van der Waals surface area contributed by atoms with Crippen molar-refractivity contribution in [3.63, 3.8) is 0 Å². The number of fused-ring (bicyclic) bond motifs is 1. The Balaban J connectivity index is 1.60. The molecule has 1 aromatic heterocycles. The number of carbonyl (C=O) groups is 1. The summed E-state index contributed by atoms with van der Waals surface area (Å²) >= 11 is 0. The first-order valence-electron chi connectivity index (χ1n) is 8.87. The van der Waals surface area contributed by atoms with Gasteiger partial charge >= 0.3 is 0 Å². The lowest BCUT2D eigenvalue weighted by Gasteiger charge is -2.41. The highest BCUT2D eigenvalue weighted by atomic mass is 16.2. The summed E-state index contributed by atoms with van der Waals surface area (Å²) in [4.78, 5) is 26.6. The van der Waals surface area contributed by atoms with Crippen LogP contribution in [0.2, 0.25) is 0 Å². The fourth-order valence-corrected chi connectivity index (χ4v) is 4.14. The van der Waals surface area contributed by atoms with E-state index in [2.05, 4.69) is 28.6 Å². The molecule has 2 aromatic rings. The number of rotatable bonds is 2. The molecule has 5 heteroatoms. The van der Waals surface area contributed by atoms with Gasteiger partial charge in [0.05, 0.1) is 22.6 Å². The standard InChI is InChI=1S/C19H24N4O/c1-14(2)23-10-5-8-19(18(23)24)9-11-22(13-19)17-12-20-15-6-3-4-7-16(15)21-17/h3-4,6-7,12,14H,5,8-11,13H2,1-2H3. The first-order valence-corrected chi connectivity index (χ1v) is 8.87. The molecule has 0 aliphatic carbocycles. The van der Waals surface area contributed by atoms with E-state index in [1.807, 2.05) is 30.5 Å². The summed E-state index contributed by atoms with van der Waals surface area (Å²) in [6.45, 7) is 6.76. The van der Waals surface area contributed by atoms with Crippen molar-refractivity contribution in [3.8, 4) is 0 Å². The Hall–Kier alpha value is -2.17. The van der Waals surface area contributed by atoms with Gasteiger partial charge in [-0.3, -0.25) is 9.78 Å². The van der Waals surface area contributed by atoms with Crippen molar-refractivity contribution in [2.24, 2.45) is 5.41 Å². The van der Waals surface area contributed by atoms with Crippen molar-refractivity contribution in [3.05, 3.63) is 30.5 Å². The maximum absolute atomic E-state index is 13.0. The molecule has 126 valence electrons. The minimum atomic E-state index is -0.226. The summed E-state index contributed by atoms with van der Waals surface area (Å²) < 4.78 is 0. The van der Waals surface area contributed by atoms with Gasteiger partial charge in [-0.1, -0.05) is 12.1 Å². The van der Waals surface area contributed by atoms with Crippen molar-refractivity contribution in [2.75, 3.05) is 24.5 Å². The van der Waals surface area contributed by atoms with E-state index in [-0.39, 0.29) is 11.5 Å². The number of para-hydroxylation sites is 2. The minimum Gasteiger partial charge on any atom is -0.354 e. The molecule has 0 bridgehead atoms. The quantitative estimate of drug-likeness (QED) is 0.852. The zero-order valence-corrected chi connectivity index (χ0v) is 14.4. The van der Waals surface area contributed by atoms with Crippen LogP contribution in [0.4, 0.5) is 5.82 Å². The maximum atomic E-state index is 13.0. The van der Waals surface area contributed by atoms with E-state index in [9.17, 15) is 4.79 Å². The molecular formula is C19H24N4O. The van der Waals surface area contributed by atoms with E-state index in [1.54, 1.807) is 0 Å². The van der Waals surface area contributed by atoms with Gasteiger partial charge < -0.3 is 9.80 Å². The topological polar surface area (TPSA) is 49.3 Å². The number of benzene rings is 1. The van der Waals surface area contributed by atoms with Crippen LogP contribution >= 0.6 is 0 Å². The second-order valence-corrected chi connectivity index (χ2v) is 7.36. The van der Waals surface area contributed by atoms with Gasteiger partial charge in [0.25, 0.3) is 0 Å². The Labute approximate surface area is 142 Å². The van der Waals surface area contributed by atoms with Crippen LogP contribution in [0, 0.1) is 5.41 Å². The summed E-state index contributed by atoms with van der Waals surface area (Å²) in [5.74, 6) is 1.22. The van der Waals surface area contributed by atoms with Gasteiger partial charge in [0.15, 0.2) is 0 Å². The summed E-state index contributed by atoms with van der Waals surface area (Å²) in [5.41, 5.74) is 1.60. The van der Waals surface area contributed by atoms with Gasteiger partial charge in [-0.15, -0.1) is 0 Å². The van der Waals surface area contributed by atoms with Crippen LogP contribution in [0.5, 0.6) is 0 Å². The van der Waals surface area contributed by atoms with Crippen LogP contribution in [0.1, 0.15) is 33.1 Å². The van der Waals surface area contributed by atoms with Gasteiger partial charge in [-0.25, -0.2) is 4.98 Å². The second-order valence-electron chi connectivity index (χ2n) is 7.36. The predicted octanol–water partition coefficient (Wildman–Crippen LogP) is 2.86. The number of nitrogens with zero attached hydrogens (tertiary/aromatic N) is 4. The minimum absolute atomic E-state index is 0.226. The Kier molecular flexibility index (Phi) is 3.66. The van der Waals surface area contributed by atoms with Gasteiger partial charge in [0, 0.05) is 25.7 Å². The van der Waals surface area contributed by atoms with Crippen LogP contribution in [0.25, 0.3) is 11.0 Å². The number of aromatic nitrogens is 2. The number of anilines is 1. The molecule has 1 amide bonds. The average molecular weight is 324 g/mol. The molecule has 4 rings (SSSR count). The highest BCUT2D eigenvalue weighted by Gasteiger charge is 2.49. The number of carbonyl (C=O) groups excluding carboxylic acids is 1. The molecule has 0 N–H and O–H groups in total. The molecular weight excluding hydrogens is 300 g/mol.